The minimum Gasteiger partial charge on any atom is -0.461 e. The molecule has 1 aromatic rings. The number of hydrogen-bond donors (Lipinski definition) is 1. The fourth-order valence-electron chi connectivity index (χ4n) is 2.79. The summed E-state index contributed by atoms with van der Waals surface area (Å²) in [6.45, 7) is 5.04. The van der Waals surface area contributed by atoms with E-state index in [2.05, 4.69) is 5.32 Å². The molecule has 0 aliphatic heterocycles. The van der Waals surface area contributed by atoms with Gasteiger partial charge in [0.25, 0.3) is 5.92 Å². The summed E-state index contributed by atoms with van der Waals surface area (Å²) < 4.78 is 38.5. The zero-order valence-corrected chi connectivity index (χ0v) is 15.3. The Morgan fingerprint density at radius 2 is 1.88 bits per heavy atom. The van der Waals surface area contributed by atoms with Crippen LogP contribution in [0.5, 0.6) is 0 Å². The molecule has 26 heavy (non-hydrogen) atoms. The maximum absolute atomic E-state index is 14.1. The summed E-state index contributed by atoms with van der Waals surface area (Å²) in [5.74, 6) is -4.30. The highest BCUT2D eigenvalue weighted by Crippen LogP contribution is 2.37. The number of alkyl halides is 2. The maximum atomic E-state index is 14.1. The molecule has 2 rings (SSSR count). The third-order valence-electron chi connectivity index (χ3n) is 4.10. The average Bonchev–Trinajstić information content (AvgIpc) is 2.54. The largest absolute Gasteiger partial charge is 0.461 e. The van der Waals surface area contributed by atoms with E-state index in [1.165, 1.54) is 0 Å². The molecule has 5 nitrogen and oxygen atoms in total. The molecule has 0 heterocycles. The van der Waals surface area contributed by atoms with Crippen molar-refractivity contribution in [2.75, 3.05) is 0 Å². The normalized spacial score (nSPS) is 22.3. The van der Waals surface area contributed by atoms with Crippen LogP contribution in [-0.4, -0.2) is 29.6 Å². The quantitative estimate of drug-likeness (QED) is 0.813. The van der Waals surface area contributed by atoms with E-state index in [9.17, 15) is 18.4 Å². The van der Waals surface area contributed by atoms with Gasteiger partial charge in [-0.1, -0.05) is 30.3 Å². The van der Waals surface area contributed by atoms with Gasteiger partial charge in [-0.25, -0.2) is 13.6 Å². The lowest BCUT2D eigenvalue weighted by Crippen LogP contribution is -2.53. The van der Waals surface area contributed by atoms with E-state index in [1.54, 1.807) is 20.8 Å². The summed E-state index contributed by atoms with van der Waals surface area (Å²) in [5, 5.41) is 2.21. The Labute approximate surface area is 152 Å². The topological polar surface area (TPSA) is 64.6 Å². The van der Waals surface area contributed by atoms with Gasteiger partial charge in [-0.3, -0.25) is 4.79 Å². The second kappa shape index (κ2) is 8.01. The van der Waals surface area contributed by atoms with Gasteiger partial charge in [0.2, 0.25) is 0 Å². The van der Waals surface area contributed by atoms with Crippen LogP contribution in [0.2, 0.25) is 0 Å². The summed E-state index contributed by atoms with van der Waals surface area (Å²) in [5.41, 5.74) is 0.0348. The summed E-state index contributed by atoms with van der Waals surface area (Å²) in [6, 6.07) is 7.67. The molecule has 1 fully saturated rings. The van der Waals surface area contributed by atoms with Crippen molar-refractivity contribution in [3.05, 3.63) is 35.9 Å². The number of ether oxygens (including phenoxy) is 2. The smallest absolute Gasteiger partial charge is 0.408 e. The van der Waals surface area contributed by atoms with Gasteiger partial charge in [0, 0.05) is 6.42 Å². The Bertz CT molecular complexity index is 628. The van der Waals surface area contributed by atoms with Gasteiger partial charge in [-0.15, -0.1) is 0 Å². The monoisotopic (exact) mass is 369 g/mol. The molecule has 1 N–H and O–H groups in total. The second-order valence-electron chi connectivity index (χ2n) is 7.52. The Morgan fingerprint density at radius 3 is 2.50 bits per heavy atom. The van der Waals surface area contributed by atoms with Crippen LogP contribution in [0.25, 0.3) is 0 Å². The van der Waals surface area contributed by atoms with Gasteiger partial charge in [0.05, 0.1) is 12.0 Å². The second-order valence-corrected chi connectivity index (χ2v) is 7.52. The van der Waals surface area contributed by atoms with Gasteiger partial charge >= 0.3 is 12.1 Å². The van der Waals surface area contributed by atoms with Crippen molar-refractivity contribution in [2.45, 2.75) is 64.2 Å². The molecule has 2 atom stereocenters. The van der Waals surface area contributed by atoms with Crippen molar-refractivity contribution in [3.63, 3.8) is 0 Å². The number of alkyl carbamates (subject to hydrolysis) is 1. The number of hydrogen-bond acceptors (Lipinski definition) is 4. The van der Waals surface area contributed by atoms with Gasteiger partial charge in [-0.05, 0) is 39.2 Å². The fraction of sp³-hybridized carbons (Fsp3) is 0.579. The van der Waals surface area contributed by atoms with Crippen molar-refractivity contribution in [3.8, 4) is 0 Å². The molecule has 0 spiro atoms. The highest BCUT2D eigenvalue weighted by Gasteiger charge is 2.47. The Balaban J connectivity index is 1.93. The first kappa shape index (κ1) is 20.1. The minimum absolute atomic E-state index is 0.0210. The van der Waals surface area contributed by atoms with Crippen LogP contribution in [0.1, 0.15) is 45.6 Å². The van der Waals surface area contributed by atoms with Crippen LogP contribution in [0, 0.1) is 5.92 Å². The Hall–Kier alpha value is -2.18. The van der Waals surface area contributed by atoms with Crippen molar-refractivity contribution < 1.29 is 27.8 Å². The first-order valence-corrected chi connectivity index (χ1v) is 8.65. The first-order chi connectivity index (χ1) is 12.1. The van der Waals surface area contributed by atoms with E-state index in [4.69, 9.17) is 9.47 Å². The van der Waals surface area contributed by atoms with E-state index in [0.717, 1.165) is 5.56 Å². The van der Waals surface area contributed by atoms with Crippen molar-refractivity contribution in [1.82, 2.24) is 5.32 Å². The molecule has 0 aromatic heterocycles. The molecule has 0 bridgehead atoms. The predicted molar refractivity (Wildman–Crippen MR) is 91.7 cm³/mol. The maximum Gasteiger partial charge on any atom is 0.408 e. The molecule has 1 saturated carbocycles. The van der Waals surface area contributed by atoms with Crippen LogP contribution in [0.4, 0.5) is 13.6 Å². The van der Waals surface area contributed by atoms with Crippen LogP contribution in [0.3, 0.4) is 0 Å². The Morgan fingerprint density at radius 1 is 1.23 bits per heavy atom. The van der Waals surface area contributed by atoms with Crippen molar-refractivity contribution >= 4 is 12.1 Å². The Kier molecular flexibility index (Phi) is 6.21. The number of rotatable bonds is 4. The minimum atomic E-state index is -3.09. The number of carbonyl (C=O) groups excluding carboxylic acids is 2. The highest BCUT2D eigenvalue weighted by atomic mass is 19.3. The SMILES string of the molecule is CC(C)(C)OC(=O)N[C@H]1CC(C(=O)OCc2ccccc2)CCC1(F)F. The van der Waals surface area contributed by atoms with E-state index in [0.29, 0.717) is 0 Å². The zero-order valence-electron chi connectivity index (χ0n) is 15.3. The standard InChI is InChI=1S/C19H25F2NO4/c1-18(2,3)26-17(24)22-15-11-14(9-10-19(15,20)21)16(23)25-12-13-7-5-4-6-8-13/h4-8,14-15H,9-12H2,1-3H3,(H,22,24)/t14?,15-/m0/s1. The van der Waals surface area contributed by atoms with Crippen LogP contribution in [-0.2, 0) is 20.9 Å². The predicted octanol–water partition coefficient (Wildman–Crippen LogP) is 4.06. The summed E-state index contributed by atoms with van der Waals surface area (Å²) >= 11 is 0. The summed E-state index contributed by atoms with van der Waals surface area (Å²) in [7, 11) is 0. The molecule has 1 unspecified atom stereocenters. The molecule has 1 aliphatic carbocycles. The van der Waals surface area contributed by atoms with E-state index in [-0.39, 0.29) is 19.4 Å². The van der Waals surface area contributed by atoms with Crippen molar-refractivity contribution in [2.24, 2.45) is 5.92 Å². The third-order valence-corrected chi connectivity index (χ3v) is 4.10. The zero-order chi connectivity index (χ0) is 19.4. The van der Waals surface area contributed by atoms with Gasteiger partial charge in [0.15, 0.2) is 0 Å². The molecule has 0 radical (unpaired) electrons. The fourth-order valence-corrected chi connectivity index (χ4v) is 2.79. The number of halogens is 2. The number of nitrogens with one attached hydrogen (secondary N) is 1. The molecule has 0 saturated heterocycles. The van der Waals surface area contributed by atoms with Crippen molar-refractivity contribution in [1.29, 1.82) is 0 Å². The van der Waals surface area contributed by atoms with Crippen LogP contribution >= 0.6 is 0 Å². The summed E-state index contributed by atoms with van der Waals surface area (Å²) in [6.07, 6.45) is -1.56. The molecule has 1 amide bonds. The molecule has 1 aliphatic rings. The highest BCUT2D eigenvalue weighted by molar-refractivity contribution is 5.73. The molecule has 1 aromatic carbocycles. The van der Waals surface area contributed by atoms with Gasteiger partial charge in [-0.2, -0.15) is 0 Å². The third kappa shape index (κ3) is 5.97. The van der Waals surface area contributed by atoms with Gasteiger partial charge in [0.1, 0.15) is 12.2 Å². The lowest BCUT2D eigenvalue weighted by Gasteiger charge is -2.35. The lowest BCUT2D eigenvalue weighted by atomic mass is 9.83. The molecular weight excluding hydrogens is 344 g/mol. The first-order valence-electron chi connectivity index (χ1n) is 8.65. The lowest BCUT2D eigenvalue weighted by molar-refractivity contribution is -0.155. The van der Waals surface area contributed by atoms with Crippen LogP contribution < -0.4 is 5.32 Å². The molecule has 7 heteroatoms. The average molecular weight is 369 g/mol. The van der Waals surface area contributed by atoms with E-state index < -0.39 is 42.0 Å². The molecule has 144 valence electrons. The number of benzene rings is 1. The van der Waals surface area contributed by atoms with Crippen LogP contribution in [0.15, 0.2) is 30.3 Å². The van der Waals surface area contributed by atoms with E-state index in [1.807, 2.05) is 30.3 Å². The van der Waals surface area contributed by atoms with E-state index >= 15 is 0 Å². The number of esters is 1. The number of amides is 1. The number of carbonyl (C=O) groups is 2. The molecular formula is C19H25F2NO4. The summed E-state index contributed by atoms with van der Waals surface area (Å²) in [4.78, 5) is 24.1. The van der Waals surface area contributed by atoms with Gasteiger partial charge < -0.3 is 14.8 Å².